The number of aromatic nitrogens is 3. The number of nitrogens with one attached hydrogen (secondary N) is 1. The molecule has 0 aromatic carbocycles. The van der Waals surface area contributed by atoms with E-state index in [4.69, 9.17) is 5.73 Å². The molecule has 86 valence electrons. The van der Waals surface area contributed by atoms with Crippen LogP contribution in [0.1, 0.15) is 6.92 Å². The van der Waals surface area contributed by atoms with Gasteiger partial charge in [0.25, 0.3) is 0 Å². The maximum Gasteiger partial charge on any atom is 0.243 e. The number of hydrogen-bond acceptors (Lipinski definition) is 6. The Morgan fingerprint density at radius 2 is 2.20 bits per heavy atom. The quantitative estimate of drug-likeness (QED) is 0.699. The molecule has 0 aliphatic rings. The molecule has 0 spiro atoms. The second kappa shape index (κ2) is 4.47. The van der Waals surface area contributed by atoms with Gasteiger partial charge in [0.05, 0.1) is 12.3 Å². The molecule has 0 fully saturated rings. The number of nitrogens with zero attached hydrogens (tertiary/aromatic N) is 3. The second-order valence-electron chi connectivity index (χ2n) is 3.18. The molecule has 8 heteroatoms. The minimum absolute atomic E-state index is 0.00608. The van der Waals surface area contributed by atoms with Gasteiger partial charge in [-0.2, -0.15) is 4.98 Å². The maximum atomic E-state index is 10.9. The van der Waals surface area contributed by atoms with Crippen LogP contribution in [0.15, 0.2) is 0 Å². The van der Waals surface area contributed by atoms with E-state index in [2.05, 4.69) is 15.4 Å². The molecule has 0 saturated heterocycles. The zero-order valence-corrected chi connectivity index (χ0v) is 9.58. The summed E-state index contributed by atoms with van der Waals surface area (Å²) < 4.78 is 23.2. The van der Waals surface area contributed by atoms with Gasteiger partial charge in [-0.05, 0) is 6.92 Å². The largest absolute Gasteiger partial charge is 0.368 e. The minimum atomic E-state index is -3.01. The van der Waals surface area contributed by atoms with E-state index in [-0.39, 0.29) is 18.2 Å². The lowest BCUT2D eigenvalue weighted by atomic mass is 10.7. The molecule has 1 aromatic heterocycles. The normalized spacial score (nSPS) is 11.6. The van der Waals surface area contributed by atoms with Crippen molar-refractivity contribution in [3.8, 4) is 0 Å². The first-order chi connectivity index (χ1) is 6.92. The highest BCUT2D eigenvalue weighted by molar-refractivity contribution is 7.90. The molecule has 0 aliphatic carbocycles. The van der Waals surface area contributed by atoms with Crippen LogP contribution in [0.4, 0.5) is 11.9 Å². The van der Waals surface area contributed by atoms with Crippen LogP contribution in [0.2, 0.25) is 0 Å². The highest BCUT2D eigenvalue weighted by Crippen LogP contribution is 2.04. The standard InChI is InChI=1S/C7H15N5O2S/c1-3-9-7-10-6(8)12(11-7)4-5-15(2,13)14/h3-5H2,1-2H3,(H3,8,9,10,11). The van der Waals surface area contributed by atoms with Gasteiger partial charge in [0.15, 0.2) is 0 Å². The van der Waals surface area contributed by atoms with Crippen molar-refractivity contribution in [2.75, 3.05) is 29.6 Å². The van der Waals surface area contributed by atoms with E-state index in [0.717, 1.165) is 0 Å². The van der Waals surface area contributed by atoms with E-state index in [1.165, 1.54) is 10.9 Å². The summed E-state index contributed by atoms with van der Waals surface area (Å²) in [7, 11) is -3.01. The molecule has 0 unspecified atom stereocenters. The number of sulfone groups is 1. The van der Waals surface area contributed by atoms with E-state index in [0.29, 0.717) is 12.5 Å². The number of nitrogens with two attached hydrogens (primary N) is 1. The Kier molecular flexibility index (Phi) is 3.51. The van der Waals surface area contributed by atoms with E-state index in [1.807, 2.05) is 6.92 Å². The fourth-order valence-corrected chi connectivity index (χ4v) is 1.51. The third-order valence-electron chi connectivity index (χ3n) is 1.71. The van der Waals surface area contributed by atoms with E-state index >= 15 is 0 Å². The molecule has 15 heavy (non-hydrogen) atoms. The lowest BCUT2D eigenvalue weighted by Crippen LogP contribution is -2.14. The Bertz CT molecular complexity index is 425. The molecule has 0 aliphatic heterocycles. The molecule has 0 amide bonds. The fourth-order valence-electron chi connectivity index (χ4n) is 1.00. The predicted molar refractivity (Wildman–Crippen MR) is 58.3 cm³/mol. The number of rotatable bonds is 5. The fraction of sp³-hybridized carbons (Fsp3) is 0.714. The molecule has 3 N–H and O–H groups in total. The van der Waals surface area contributed by atoms with E-state index in [9.17, 15) is 8.42 Å². The van der Waals surface area contributed by atoms with Crippen molar-refractivity contribution < 1.29 is 8.42 Å². The highest BCUT2D eigenvalue weighted by atomic mass is 32.2. The molecule has 1 heterocycles. The van der Waals surface area contributed by atoms with E-state index < -0.39 is 9.84 Å². The van der Waals surface area contributed by atoms with Crippen molar-refractivity contribution >= 4 is 21.7 Å². The van der Waals surface area contributed by atoms with Gasteiger partial charge < -0.3 is 11.1 Å². The lowest BCUT2D eigenvalue weighted by molar-refractivity contribution is 0.588. The van der Waals surface area contributed by atoms with E-state index in [1.54, 1.807) is 0 Å². The molecular formula is C7H15N5O2S. The Balaban J connectivity index is 2.69. The Morgan fingerprint density at radius 3 is 2.73 bits per heavy atom. The SMILES string of the molecule is CCNc1nc(N)n(CCS(C)(=O)=O)n1. The summed E-state index contributed by atoms with van der Waals surface area (Å²) in [5.74, 6) is 0.643. The molecule has 7 nitrogen and oxygen atoms in total. The summed E-state index contributed by atoms with van der Waals surface area (Å²) in [4.78, 5) is 3.92. The van der Waals surface area contributed by atoms with Gasteiger partial charge >= 0.3 is 0 Å². The number of hydrogen-bond donors (Lipinski definition) is 2. The zero-order chi connectivity index (χ0) is 11.5. The van der Waals surface area contributed by atoms with Crippen molar-refractivity contribution in [3.05, 3.63) is 0 Å². The first-order valence-electron chi connectivity index (χ1n) is 4.54. The maximum absolute atomic E-state index is 10.9. The average Bonchev–Trinajstić information content (AvgIpc) is 2.42. The molecule has 1 rings (SSSR count). The van der Waals surface area contributed by atoms with Crippen molar-refractivity contribution in [2.45, 2.75) is 13.5 Å². The first kappa shape index (κ1) is 11.8. The number of anilines is 2. The van der Waals surface area contributed by atoms with Crippen LogP contribution < -0.4 is 11.1 Å². The van der Waals surface area contributed by atoms with Crippen LogP contribution in [0.5, 0.6) is 0 Å². The van der Waals surface area contributed by atoms with Gasteiger partial charge in [-0.1, -0.05) is 0 Å². The van der Waals surface area contributed by atoms with Crippen LogP contribution in [0, 0.1) is 0 Å². The Labute approximate surface area is 88.6 Å². The topological polar surface area (TPSA) is 103 Å². The van der Waals surface area contributed by atoms with Gasteiger partial charge in [0, 0.05) is 12.8 Å². The lowest BCUT2D eigenvalue weighted by Gasteiger charge is -2.00. The summed E-state index contributed by atoms with van der Waals surface area (Å²) >= 11 is 0. The number of aryl methyl sites for hydroxylation is 1. The van der Waals surface area contributed by atoms with Crippen LogP contribution >= 0.6 is 0 Å². The second-order valence-corrected chi connectivity index (χ2v) is 5.44. The summed E-state index contributed by atoms with van der Waals surface area (Å²) in [5, 5.41) is 6.90. The molecular weight excluding hydrogens is 218 g/mol. The molecule has 0 radical (unpaired) electrons. The molecule has 0 bridgehead atoms. The minimum Gasteiger partial charge on any atom is -0.368 e. The smallest absolute Gasteiger partial charge is 0.243 e. The van der Waals surface area contributed by atoms with Crippen LogP contribution in [0.3, 0.4) is 0 Å². The van der Waals surface area contributed by atoms with Gasteiger partial charge in [-0.25, -0.2) is 13.1 Å². The van der Waals surface area contributed by atoms with Crippen LogP contribution in [0.25, 0.3) is 0 Å². The highest BCUT2D eigenvalue weighted by Gasteiger charge is 2.08. The van der Waals surface area contributed by atoms with Crippen LogP contribution in [-0.4, -0.2) is 41.7 Å². The van der Waals surface area contributed by atoms with Gasteiger partial charge in [-0.3, -0.25) is 0 Å². The first-order valence-corrected chi connectivity index (χ1v) is 6.60. The third-order valence-corrected chi connectivity index (χ3v) is 2.63. The summed E-state index contributed by atoms with van der Waals surface area (Å²) in [6.07, 6.45) is 1.17. The van der Waals surface area contributed by atoms with Crippen molar-refractivity contribution in [2.24, 2.45) is 0 Å². The Morgan fingerprint density at radius 1 is 1.53 bits per heavy atom. The average molecular weight is 233 g/mol. The Hall–Kier alpha value is -1.31. The summed E-state index contributed by atoms with van der Waals surface area (Å²) in [6, 6.07) is 0. The summed E-state index contributed by atoms with van der Waals surface area (Å²) in [6.45, 7) is 2.83. The monoisotopic (exact) mass is 233 g/mol. The number of nitrogen functional groups attached to an aromatic ring is 1. The van der Waals surface area contributed by atoms with Crippen LogP contribution in [-0.2, 0) is 16.4 Å². The zero-order valence-electron chi connectivity index (χ0n) is 8.77. The van der Waals surface area contributed by atoms with Gasteiger partial charge in [-0.15, -0.1) is 5.10 Å². The predicted octanol–water partition coefficient (Wildman–Crippen LogP) is -0.663. The molecule has 1 aromatic rings. The summed E-state index contributed by atoms with van der Waals surface area (Å²) in [5.41, 5.74) is 5.56. The third kappa shape index (κ3) is 3.74. The van der Waals surface area contributed by atoms with Gasteiger partial charge in [0.2, 0.25) is 11.9 Å². The van der Waals surface area contributed by atoms with Crippen molar-refractivity contribution in [1.82, 2.24) is 14.8 Å². The molecule has 0 saturated carbocycles. The van der Waals surface area contributed by atoms with Crippen molar-refractivity contribution in [3.63, 3.8) is 0 Å². The van der Waals surface area contributed by atoms with Crippen molar-refractivity contribution in [1.29, 1.82) is 0 Å². The van der Waals surface area contributed by atoms with Gasteiger partial charge in [0.1, 0.15) is 9.84 Å². The molecule has 0 atom stereocenters.